The van der Waals surface area contributed by atoms with Gasteiger partial charge in [0.05, 0.1) is 7.11 Å². The standard InChI is InChI=1S/C24H24ClNO3/c1-4-17-7-5-6-16(2)23(17)26-24(27)18-8-13-22(28-3)19(14-18)15-29-21-11-9-20(25)10-12-21/h5-14H,4,15H2,1-3H3,(H,26,27). The Balaban J connectivity index is 1.80. The number of benzene rings is 3. The van der Waals surface area contributed by atoms with Gasteiger partial charge in [0.1, 0.15) is 18.1 Å². The number of aryl methyl sites for hydroxylation is 2. The van der Waals surface area contributed by atoms with E-state index in [9.17, 15) is 4.79 Å². The van der Waals surface area contributed by atoms with Crippen LogP contribution in [0.4, 0.5) is 5.69 Å². The number of anilines is 1. The highest BCUT2D eigenvalue weighted by atomic mass is 35.5. The second-order valence-electron chi connectivity index (χ2n) is 6.69. The number of carbonyl (C=O) groups excluding carboxylic acids is 1. The first kappa shape index (κ1) is 20.7. The van der Waals surface area contributed by atoms with Crippen LogP contribution in [0.2, 0.25) is 5.02 Å². The predicted octanol–water partition coefficient (Wildman–Crippen LogP) is 6.05. The van der Waals surface area contributed by atoms with Crippen molar-refractivity contribution in [2.75, 3.05) is 12.4 Å². The molecule has 1 N–H and O–H groups in total. The van der Waals surface area contributed by atoms with Crippen LogP contribution in [-0.2, 0) is 13.0 Å². The van der Waals surface area contributed by atoms with Gasteiger partial charge in [0, 0.05) is 21.8 Å². The quantitative estimate of drug-likeness (QED) is 0.516. The molecule has 0 aromatic heterocycles. The van der Waals surface area contributed by atoms with Crippen molar-refractivity contribution in [1.29, 1.82) is 0 Å². The zero-order valence-electron chi connectivity index (χ0n) is 16.8. The summed E-state index contributed by atoms with van der Waals surface area (Å²) in [4.78, 5) is 12.9. The van der Waals surface area contributed by atoms with Crippen LogP contribution in [-0.4, -0.2) is 13.0 Å². The number of methoxy groups -OCH3 is 1. The van der Waals surface area contributed by atoms with Crippen molar-refractivity contribution in [3.05, 3.63) is 87.9 Å². The minimum Gasteiger partial charge on any atom is -0.496 e. The van der Waals surface area contributed by atoms with Crippen molar-refractivity contribution in [2.24, 2.45) is 0 Å². The molecule has 0 saturated heterocycles. The van der Waals surface area contributed by atoms with Gasteiger partial charge in [-0.2, -0.15) is 0 Å². The Labute approximate surface area is 176 Å². The fourth-order valence-corrected chi connectivity index (χ4v) is 3.24. The topological polar surface area (TPSA) is 47.6 Å². The van der Waals surface area contributed by atoms with Crippen LogP contribution in [0.15, 0.2) is 60.7 Å². The molecule has 0 spiro atoms. The molecule has 5 heteroatoms. The summed E-state index contributed by atoms with van der Waals surface area (Å²) in [5.41, 5.74) is 4.35. The van der Waals surface area contributed by atoms with Crippen LogP contribution in [0.25, 0.3) is 0 Å². The molecular weight excluding hydrogens is 386 g/mol. The fraction of sp³-hybridized carbons (Fsp3) is 0.208. The minimum atomic E-state index is -0.163. The Morgan fingerprint density at radius 1 is 1.03 bits per heavy atom. The average molecular weight is 410 g/mol. The third-order valence-electron chi connectivity index (χ3n) is 4.73. The van der Waals surface area contributed by atoms with Crippen LogP contribution in [0.1, 0.15) is 34.0 Å². The van der Waals surface area contributed by atoms with Crippen molar-refractivity contribution < 1.29 is 14.3 Å². The maximum absolute atomic E-state index is 12.9. The molecular formula is C24H24ClNO3. The molecule has 0 bridgehead atoms. The molecule has 3 aromatic carbocycles. The molecule has 1 amide bonds. The van der Waals surface area contributed by atoms with Gasteiger partial charge in [0.2, 0.25) is 0 Å². The molecule has 0 saturated carbocycles. The van der Waals surface area contributed by atoms with Gasteiger partial charge in [-0.05, 0) is 66.9 Å². The number of amides is 1. The second kappa shape index (κ2) is 9.48. The van der Waals surface area contributed by atoms with Crippen molar-refractivity contribution >= 4 is 23.2 Å². The van der Waals surface area contributed by atoms with Gasteiger partial charge < -0.3 is 14.8 Å². The maximum atomic E-state index is 12.9. The highest BCUT2D eigenvalue weighted by molar-refractivity contribution is 6.30. The number of para-hydroxylation sites is 1. The smallest absolute Gasteiger partial charge is 0.255 e. The second-order valence-corrected chi connectivity index (χ2v) is 7.12. The average Bonchev–Trinajstić information content (AvgIpc) is 2.74. The van der Waals surface area contributed by atoms with Gasteiger partial charge >= 0.3 is 0 Å². The molecule has 0 aliphatic carbocycles. The first-order valence-corrected chi connectivity index (χ1v) is 9.84. The number of hydrogen-bond acceptors (Lipinski definition) is 3. The SMILES string of the molecule is CCc1cccc(C)c1NC(=O)c1ccc(OC)c(COc2ccc(Cl)cc2)c1. The number of ether oxygens (including phenoxy) is 2. The van der Waals surface area contributed by atoms with E-state index in [2.05, 4.69) is 12.2 Å². The van der Waals surface area contributed by atoms with Crippen LogP contribution in [0, 0.1) is 6.92 Å². The van der Waals surface area contributed by atoms with Crippen LogP contribution in [0.3, 0.4) is 0 Å². The van der Waals surface area contributed by atoms with E-state index in [-0.39, 0.29) is 12.5 Å². The van der Waals surface area contributed by atoms with Gasteiger partial charge in [0.25, 0.3) is 5.91 Å². The van der Waals surface area contributed by atoms with Crippen molar-refractivity contribution in [1.82, 2.24) is 0 Å². The number of nitrogens with one attached hydrogen (secondary N) is 1. The summed E-state index contributed by atoms with van der Waals surface area (Å²) in [5, 5.41) is 3.70. The summed E-state index contributed by atoms with van der Waals surface area (Å²) >= 11 is 5.91. The molecule has 29 heavy (non-hydrogen) atoms. The Hall–Kier alpha value is -2.98. The first-order chi connectivity index (χ1) is 14.0. The molecule has 0 heterocycles. The zero-order chi connectivity index (χ0) is 20.8. The molecule has 0 atom stereocenters. The lowest BCUT2D eigenvalue weighted by Gasteiger charge is -2.15. The third-order valence-corrected chi connectivity index (χ3v) is 4.98. The molecule has 0 unspecified atom stereocenters. The van der Waals surface area contributed by atoms with Gasteiger partial charge in [-0.1, -0.05) is 36.7 Å². The lowest BCUT2D eigenvalue weighted by molar-refractivity contribution is 0.102. The van der Waals surface area contributed by atoms with Crippen molar-refractivity contribution in [2.45, 2.75) is 26.9 Å². The van der Waals surface area contributed by atoms with Crippen LogP contribution < -0.4 is 14.8 Å². The van der Waals surface area contributed by atoms with Gasteiger partial charge in [-0.15, -0.1) is 0 Å². The van der Waals surface area contributed by atoms with E-state index in [0.29, 0.717) is 22.1 Å². The molecule has 4 nitrogen and oxygen atoms in total. The summed E-state index contributed by atoms with van der Waals surface area (Å²) in [6, 6.07) is 18.5. The fourth-order valence-electron chi connectivity index (χ4n) is 3.11. The maximum Gasteiger partial charge on any atom is 0.255 e. The normalized spacial score (nSPS) is 10.5. The molecule has 0 aliphatic heterocycles. The summed E-state index contributed by atoms with van der Waals surface area (Å²) in [6.07, 6.45) is 0.847. The minimum absolute atomic E-state index is 0.163. The molecule has 0 radical (unpaired) electrons. The largest absolute Gasteiger partial charge is 0.496 e. The lowest BCUT2D eigenvalue weighted by Crippen LogP contribution is -2.15. The number of carbonyl (C=O) groups is 1. The molecule has 0 fully saturated rings. The summed E-state index contributed by atoms with van der Waals surface area (Å²) in [6.45, 7) is 4.34. The highest BCUT2D eigenvalue weighted by Gasteiger charge is 2.14. The van der Waals surface area contributed by atoms with E-state index in [0.717, 1.165) is 28.8 Å². The number of halogens is 1. The monoisotopic (exact) mass is 409 g/mol. The zero-order valence-corrected chi connectivity index (χ0v) is 17.5. The Bertz CT molecular complexity index is 1000. The van der Waals surface area contributed by atoms with E-state index in [4.69, 9.17) is 21.1 Å². The van der Waals surface area contributed by atoms with Gasteiger partial charge in [-0.25, -0.2) is 0 Å². The Morgan fingerprint density at radius 3 is 2.48 bits per heavy atom. The first-order valence-electron chi connectivity index (χ1n) is 9.47. The van der Waals surface area contributed by atoms with Crippen LogP contribution in [0.5, 0.6) is 11.5 Å². The van der Waals surface area contributed by atoms with Crippen LogP contribution >= 0.6 is 11.6 Å². The summed E-state index contributed by atoms with van der Waals surface area (Å²) in [7, 11) is 1.60. The van der Waals surface area contributed by atoms with Crippen molar-refractivity contribution in [3.63, 3.8) is 0 Å². The summed E-state index contributed by atoms with van der Waals surface area (Å²) in [5.74, 6) is 1.20. The third kappa shape index (κ3) is 5.09. The number of rotatable bonds is 7. The lowest BCUT2D eigenvalue weighted by atomic mass is 10.0. The Kier molecular flexibility index (Phi) is 6.78. The van der Waals surface area contributed by atoms with Gasteiger partial charge in [-0.3, -0.25) is 4.79 Å². The van der Waals surface area contributed by atoms with E-state index < -0.39 is 0 Å². The van der Waals surface area contributed by atoms with Crippen molar-refractivity contribution in [3.8, 4) is 11.5 Å². The van der Waals surface area contributed by atoms with E-state index in [1.807, 2.05) is 25.1 Å². The van der Waals surface area contributed by atoms with Gasteiger partial charge in [0.15, 0.2) is 0 Å². The molecule has 0 aliphatic rings. The number of hydrogen-bond donors (Lipinski definition) is 1. The molecule has 3 rings (SSSR count). The van der Waals surface area contributed by atoms with E-state index >= 15 is 0 Å². The van der Waals surface area contributed by atoms with E-state index in [1.165, 1.54) is 0 Å². The predicted molar refractivity (Wildman–Crippen MR) is 117 cm³/mol. The Morgan fingerprint density at radius 2 is 1.79 bits per heavy atom. The highest BCUT2D eigenvalue weighted by Crippen LogP contribution is 2.25. The summed E-state index contributed by atoms with van der Waals surface area (Å²) < 4.78 is 11.3. The van der Waals surface area contributed by atoms with E-state index in [1.54, 1.807) is 49.6 Å². The molecule has 3 aromatic rings. The molecule has 150 valence electrons.